The highest BCUT2D eigenvalue weighted by Crippen LogP contribution is 2.31. The van der Waals surface area contributed by atoms with Crippen LogP contribution in [-0.2, 0) is 14.8 Å². The third-order valence-corrected chi connectivity index (χ3v) is 5.30. The fourth-order valence-electron chi connectivity index (χ4n) is 1.65. The number of carbonyl (C=O) groups is 1. The first kappa shape index (κ1) is 13.8. The molecule has 1 N–H and O–H groups in total. The fourth-order valence-corrected chi connectivity index (χ4v) is 3.64. The molecule has 0 heterocycles. The van der Waals surface area contributed by atoms with Crippen LogP contribution in [0.25, 0.3) is 0 Å². The van der Waals surface area contributed by atoms with Crippen molar-refractivity contribution in [3.8, 4) is 0 Å². The van der Waals surface area contributed by atoms with Crippen molar-refractivity contribution in [3.63, 3.8) is 0 Å². The molecular weight excluding hydrogens is 369 g/mol. The molecule has 1 aromatic rings. The molecule has 1 fully saturated rings. The summed E-state index contributed by atoms with van der Waals surface area (Å²) in [6.07, 6.45) is 1.47. The summed E-state index contributed by atoms with van der Waals surface area (Å²) in [7, 11) is -3.70. The summed E-state index contributed by atoms with van der Waals surface area (Å²) in [4.78, 5) is 10.9. The normalized spacial score (nSPS) is 15.9. The van der Waals surface area contributed by atoms with Gasteiger partial charge in [0.1, 0.15) is 6.54 Å². The highest BCUT2D eigenvalue weighted by molar-refractivity contribution is 14.1. The van der Waals surface area contributed by atoms with Crippen molar-refractivity contribution in [2.75, 3.05) is 6.54 Å². The standard InChI is InChI=1S/C11H12INO4S/c12-8-1-5-10(6-2-8)18(16,17)13(7-11(14)15)9-3-4-9/h1-2,5-6,9H,3-4,7H2,(H,14,15). The Bertz CT molecular complexity index is 551. The van der Waals surface area contributed by atoms with Crippen LogP contribution in [0, 0.1) is 3.57 Å². The molecule has 0 spiro atoms. The Hall–Kier alpha value is -0.670. The van der Waals surface area contributed by atoms with Crippen LogP contribution in [0.3, 0.4) is 0 Å². The number of benzene rings is 1. The molecule has 0 radical (unpaired) electrons. The van der Waals surface area contributed by atoms with Crippen LogP contribution in [0.5, 0.6) is 0 Å². The lowest BCUT2D eigenvalue weighted by atomic mass is 10.4. The van der Waals surface area contributed by atoms with E-state index in [1.54, 1.807) is 12.1 Å². The lowest BCUT2D eigenvalue weighted by molar-refractivity contribution is -0.137. The van der Waals surface area contributed by atoms with Gasteiger partial charge in [-0.25, -0.2) is 8.42 Å². The van der Waals surface area contributed by atoms with Crippen LogP contribution in [-0.4, -0.2) is 36.4 Å². The predicted molar refractivity (Wildman–Crippen MR) is 73.7 cm³/mol. The molecule has 18 heavy (non-hydrogen) atoms. The number of sulfonamides is 1. The maximum Gasteiger partial charge on any atom is 0.318 e. The highest BCUT2D eigenvalue weighted by Gasteiger charge is 2.39. The first-order chi connectivity index (χ1) is 8.41. The predicted octanol–water partition coefficient (Wildman–Crippen LogP) is 1.53. The van der Waals surface area contributed by atoms with Crippen molar-refractivity contribution in [1.82, 2.24) is 4.31 Å². The zero-order valence-corrected chi connectivity index (χ0v) is 12.4. The molecule has 1 saturated carbocycles. The third-order valence-electron chi connectivity index (χ3n) is 2.67. The molecule has 0 aromatic heterocycles. The summed E-state index contributed by atoms with van der Waals surface area (Å²) in [5.41, 5.74) is 0. The largest absolute Gasteiger partial charge is 0.480 e. The maximum atomic E-state index is 12.3. The lowest BCUT2D eigenvalue weighted by Gasteiger charge is -2.19. The van der Waals surface area contributed by atoms with E-state index in [9.17, 15) is 13.2 Å². The topological polar surface area (TPSA) is 74.7 Å². The minimum Gasteiger partial charge on any atom is -0.480 e. The molecule has 0 bridgehead atoms. The van der Waals surface area contributed by atoms with Crippen molar-refractivity contribution in [3.05, 3.63) is 27.8 Å². The molecule has 0 unspecified atom stereocenters. The van der Waals surface area contributed by atoms with Gasteiger partial charge in [-0.3, -0.25) is 4.79 Å². The Morgan fingerprint density at radius 1 is 1.33 bits per heavy atom. The van der Waals surface area contributed by atoms with E-state index in [0.29, 0.717) is 0 Å². The fraction of sp³-hybridized carbons (Fsp3) is 0.364. The van der Waals surface area contributed by atoms with Crippen molar-refractivity contribution in [1.29, 1.82) is 0 Å². The summed E-state index contributed by atoms with van der Waals surface area (Å²) in [6, 6.07) is 6.24. The number of hydrogen-bond acceptors (Lipinski definition) is 3. The zero-order chi connectivity index (χ0) is 13.3. The molecule has 1 aliphatic carbocycles. The molecule has 5 nitrogen and oxygen atoms in total. The Morgan fingerprint density at radius 2 is 1.89 bits per heavy atom. The highest BCUT2D eigenvalue weighted by atomic mass is 127. The second kappa shape index (κ2) is 5.14. The SMILES string of the molecule is O=C(O)CN(C1CC1)S(=O)(=O)c1ccc(I)cc1. The van der Waals surface area contributed by atoms with Gasteiger partial charge in [0.2, 0.25) is 10.0 Å². The summed E-state index contributed by atoms with van der Waals surface area (Å²) >= 11 is 2.09. The van der Waals surface area contributed by atoms with Crippen LogP contribution in [0.4, 0.5) is 0 Å². The van der Waals surface area contributed by atoms with Crippen LogP contribution in [0.1, 0.15) is 12.8 Å². The maximum absolute atomic E-state index is 12.3. The average Bonchev–Trinajstić information content (AvgIpc) is 3.10. The number of aliphatic carboxylic acids is 1. The first-order valence-electron chi connectivity index (χ1n) is 5.40. The van der Waals surface area contributed by atoms with Gasteiger partial charge in [-0.1, -0.05) is 0 Å². The van der Waals surface area contributed by atoms with Crippen molar-refractivity contribution in [2.45, 2.75) is 23.8 Å². The Kier molecular flexibility index (Phi) is 3.93. The van der Waals surface area contributed by atoms with E-state index in [2.05, 4.69) is 22.6 Å². The van der Waals surface area contributed by atoms with Gasteiger partial charge in [0, 0.05) is 9.61 Å². The quantitative estimate of drug-likeness (QED) is 0.786. The molecule has 0 atom stereocenters. The number of carboxylic acid groups (broad SMARTS) is 1. The smallest absolute Gasteiger partial charge is 0.318 e. The molecule has 0 aliphatic heterocycles. The van der Waals surface area contributed by atoms with E-state index in [-0.39, 0.29) is 10.9 Å². The Balaban J connectivity index is 2.32. The molecule has 1 aliphatic rings. The van der Waals surface area contributed by atoms with E-state index < -0.39 is 22.5 Å². The summed E-state index contributed by atoms with van der Waals surface area (Å²) < 4.78 is 26.7. The number of carboxylic acids is 1. The van der Waals surface area contributed by atoms with E-state index in [1.807, 2.05) is 0 Å². The van der Waals surface area contributed by atoms with Gasteiger partial charge in [-0.2, -0.15) is 4.31 Å². The van der Waals surface area contributed by atoms with Crippen LogP contribution in [0.2, 0.25) is 0 Å². The number of halogens is 1. The average molecular weight is 381 g/mol. The third kappa shape index (κ3) is 3.01. The van der Waals surface area contributed by atoms with Gasteiger partial charge >= 0.3 is 5.97 Å². The van der Waals surface area contributed by atoms with E-state index in [4.69, 9.17) is 5.11 Å². The van der Waals surface area contributed by atoms with Crippen LogP contribution in [0.15, 0.2) is 29.2 Å². The van der Waals surface area contributed by atoms with E-state index >= 15 is 0 Å². The van der Waals surface area contributed by atoms with Crippen LogP contribution >= 0.6 is 22.6 Å². The van der Waals surface area contributed by atoms with Gasteiger partial charge < -0.3 is 5.11 Å². The minimum atomic E-state index is -3.70. The Labute approximate surface area is 119 Å². The molecule has 7 heteroatoms. The first-order valence-corrected chi connectivity index (χ1v) is 7.92. The second-order valence-electron chi connectivity index (χ2n) is 4.13. The monoisotopic (exact) mass is 381 g/mol. The van der Waals surface area contributed by atoms with E-state index in [0.717, 1.165) is 20.7 Å². The zero-order valence-electron chi connectivity index (χ0n) is 9.41. The number of rotatable bonds is 5. The molecule has 1 aromatic carbocycles. The Morgan fingerprint density at radius 3 is 2.33 bits per heavy atom. The number of nitrogens with zero attached hydrogens (tertiary/aromatic N) is 1. The summed E-state index contributed by atoms with van der Waals surface area (Å²) in [5, 5.41) is 8.81. The van der Waals surface area contributed by atoms with Gasteiger partial charge in [0.05, 0.1) is 4.90 Å². The molecular formula is C11H12INO4S. The van der Waals surface area contributed by atoms with Gasteiger partial charge in [-0.15, -0.1) is 0 Å². The number of hydrogen-bond donors (Lipinski definition) is 1. The molecule has 2 rings (SSSR count). The van der Waals surface area contributed by atoms with Crippen LogP contribution < -0.4 is 0 Å². The summed E-state index contributed by atoms with van der Waals surface area (Å²) in [6.45, 7) is -0.473. The minimum absolute atomic E-state index is 0.149. The molecule has 98 valence electrons. The van der Waals surface area contributed by atoms with Crippen molar-refractivity contribution in [2.24, 2.45) is 0 Å². The van der Waals surface area contributed by atoms with Gasteiger partial charge in [0.25, 0.3) is 0 Å². The lowest BCUT2D eigenvalue weighted by Crippen LogP contribution is -2.37. The van der Waals surface area contributed by atoms with Crippen molar-refractivity contribution >= 4 is 38.6 Å². The molecule has 0 saturated heterocycles. The molecule has 0 amide bonds. The van der Waals surface area contributed by atoms with Gasteiger partial charge in [0.15, 0.2) is 0 Å². The summed E-state index contributed by atoms with van der Waals surface area (Å²) in [5.74, 6) is -1.13. The van der Waals surface area contributed by atoms with Gasteiger partial charge in [-0.05, 0) is 59.7 Å². The second-order valence-corrected chi connectivity index (χ2v) is 7.27. The van der Waals surface area contributed by atoms with Crippen molar-refractivity contribution < 1.29 is 18.3 Å². The van der Waals surface area contributed by atoms with E-state index in [1.165, 1.54) is 12.1 Å².